The van der Waals surface area contributed by atoms with E-state index in [-0.39, 0.29) is 5.41 Å². The Morgan fingerprint density at radius 2 is 1.61 bits per heavy atom. The zero-order chi connectivity index (χ0) is 16.4. The van der Waals surface area contributed by atoms with Crippen LogP contribution in [0.25, 0.3) is 0 Å². The van der Waals surface area contributed by atoms with Gasteiger partial charge in [0.15, 0.2) is 0 Å². The van der Waals surface area contributed by atoms with Crippen molar-refractivity contribution >= 4 is 5.91 Å². The first-order valence-corrected chi connectivity index (χ1v) is 9.19. The Morgan fingerprint density at radius 3 is 2.26 bits per heavy atom. The number of hydrogen-bond donors (Lipinski definition) is 0. The van der Waals surface area contributed by atoms with Crippen LogP contribution >= 0.6 is 0 Å². The van der Waals surface area contributed by atoms with Gasteiger partial charge in [-0.2, -0.15) is 0 Å². The summed E-state index contributed by atoms with van der Waals surface area (Å²) in [5.74, 6) is 1.33. The molecule has 0 aromatic carbocycles. The molecule has 3 rings (SSSR count). The molecule has 0 bridgehead atoms. The van der Waals surface area contributed by atoms with Gasteiger partial charge in [-0.1, -0.05) is 20.8 Å². The van der Waals surface area contributed by atoms with Crippen LogP contribution in [0.3, 0.4) is 0 Å². The van der Waals surface area contributed by atoms with Crippen LogP contribution in [0.1, 0.15) is 33.6 Å². The molecule has 0 saturated carbocycles. The Kier molecular flexibility index (Phi) is 5.29. The van der Waals surface area contributed by atoms with Gasteiger partial charge in [0.2, 0.25) is 5.91 Å². The Morgan fingerprint density at radius 1 is 1.00 bits per heavy atom. The van der Waals surface area contributed by atoms with Crippen molar-refractivity contribution in [3.8, 4) is 0 Å². The molecule has 3 fully saturated rings. The van der Waals surface area contributed by atoms with E-state index < -0.39 is 0 Å². The van der Waals surface area contributed by atoms with Gasteiger partial charge in [-0.05, 0) is 24.7 Å². The lowest BCUT2D eigenvalue weighted by Gasteiger charge is -2.38. The van der Waals surface area contributed by atoms with E-state index >= 15 is 0 Å². The molecule has 0 unspecified atom stereocenters. The standard InChI is InChI=1S/C18H32N2O3/c1-14-12-20(13-16(14)19-6-10-23-11-7-19)17(21)18(2,3)15-4-8-22-9-5-15/h14-16H,4-13H2,1-3H3/t14-,16+/m1/s1. The van der Waals surface area contributed by atoms with Crippen LogP contribution in [0.15, 0.2) is 0 Å². The molecule has 0 aliphatic carbocycles. The molecule has 1 amide bonds. The summed E-state index contributed by atoms with van der Waals surface area (Å²) in [7, 11) is 0. The van der Waals surface area contributed by atoms with Crippen LogP contribution < -0.4 is 0 Å². The molecule has 3 aliphatic rings. The number of hydrogen-bond acceptors (Lipinski definition) is 4. The van der Waals surface area contributed by atoms with Crippen molar-refractivity contribution in [1.82, 2.24) is 9.80 Å². The van der Waals surface area contributed by atoms with Gasteiger partial charge >= 0.3 is 0 Å². The number of nitrogens with zero attached hydrogens (tertiary/aromatic N) is 2. The summed E-state index contributed by atoms with van der Waals surface area (Å²) in [6, 6.07) is 0.494. The maximum Gasteiger partial charge on any atom is 0.228 e. The van der Waals surface area contributed by atoms with Crippen molar-refractivity contribution in [3.05, 3.63) is 0 Å². The molecular formula is C18H32N2O3. The average Bonchev–Trinajstić information content (AvgIpc) is 2.97. The second-order valence-corrected chi connectivity index (χ2v) is 8.01. The second kappa shape index (κ2) is 7.08. The second-order valence-electron chi connectivity index (χ2n) is 8.01. The lowest BCUT2D eigenvalue weighted by molar-refractivity contribution is -0.144. The molecule has 0 radical (unpaired) electrons. The quantitative estimate of drug-likeness (QED) is 0.791. The number of morpholine rings is 1. The summed E-state index contributed by atoms with van der Waals surface area (Å²) in [6.07, 6.45) is 2.02. The van der Waals surface area contributed by atoms with Crippen molar-refractivity contribution < 1.29 is 14.3 Å². The number of likely N-dealkylation sites (tertiary alicyclic amines) is 1. The Bertz CT molecular complexity index is 414. The van der Waals surface area contributed by atoms with Crippen molar-refractivity contribution in [1.29, 1.82) is 0 Å². The van der Waals surface area contributed by atoms with E-state index in [1.165, 1.54) is 0 Å². The molecular weight excluding hydrogens is 292 g/mol. The predicted molar refractivity (Wildman–Crippen MR) is 89.2 cm³/mol. The van der Waals surface area contributed by atoms with Gasteiger partial charge in [-0.3, -0.25) is 9.69 Å². The smallest absolute Gasteiger partial charge is 0.228 e. The molecule has 5 heteroatoms. The number of amides is 1. The van der Waals surface area contributed by atoms with Crippen LogP contribution in [-0.4, -0.2) is 74.4 Å². The van der Waals surface area contributed by atoms with Crippen LogP contribution in [0.2, 0.25) is 0 Å². The lowest BCUT2D eigenvalue weighted by Crippen LogP contribution is -2.48. The number of rotatable bonds is 3. The van der Waals surface area contributed by atoms with E-state index in [9.17, 15) is 4.79 Å². The van der Waals surface area contributed by atoms with Crippen molar-refractivity contribution in [2.45, 2.75) is 39.7 Å². The fourth-order valence-corrected chi connectivity index (χ4v) is 4.50. The molecule has 3 aliphatic heterocycles. The number of carbonyl (C=O) groups excluding carboxylic acids is 1. The van der Waals surface area contributed by atoms with E-state index in [1.807, 2.05) is 0 Å². The summed E-state index contributed by atoms with van der Waals surface area (Å²) < 4.78 is 10.9. The fourth-order valence-electron chi connectivity index (χ4n) is 4.50. The first-order valence-electron chi connectivity index (χ1n) is 9.19. The maximum atomic E-state index is 13.2. The maximum absolute atomic E-state index is 13.2. The van der Waals surface area contributed by atoms with Crippen LogP contribution in [0.5, 0.6) is 0 Å². The SMILES string of the molecule is C[C@@H]1CN(C(=O)C(C)(C)C2CCOCC2)C[C@@H]1N1CCOCC1. The number of carbonyl (C=O) groups is 1. The van der Waals surface area contributed by atoms with Gasteiger partial charge in [-0.25, -0.2) is 0 Å². The van der Waals surface area contributed by atoms with Gasteiger partial charge in [0, 0.05) is 50.8 Å². The van der Waals surface area contributed by atoms with Crippen molar-refractivity contribution in [2.75, 3.05) is 52.6 Å². The van der Waals surface area contributed by atoms with E-state index in [0.29, 0.717) is 23.8 Å². The van der Waals surface area contributed by atoms with Gasteiger partial charge in [0.05, 0.1) is 13.2 Å². The summed E-state index contributed by atoms with van der Waals surface area (Å²) in [4.78, 5) is 17.8. The highest BCUT2D eigenvalue weighted by Crippen LogP contribution is 2.37. The molecule has 0 aromatic heterocycles. The summed E-state index contributed by atoms with van der Waals surface area (Å²) in [5.41, 5.74) is -0.274. The molecule has 2 atom stereocenters. The van der Waals surface area contributed by atoms with E-state index in [2.05, 4.69) is 30.6 Å². The van der Waals surface area contributed by atoms with Crippen LogP contribution in [-0.2, 0) is 14.3 Å². The van der Waals surface area contributed by atoms with Gasteiger partial charge < -0.3 is 14.4 Å². The summed E-state index contributed by atoms with van der Waals surface area (Å²) in [6.45, 7) is 13.6. The fraction of sp³-hybridized carbons (Fsp3) is 0.944. The Balaban J connectivity index is 1.63. The highest BCUT2D eigenvalue weighted by molar-refractivity contribution is 5.82. The normalized spacial score (nSPS) is 31.5. The summed E-state index contributed by atoms with van der Waals surface area (Å²) >= 11 is 0. The minimum Gasteiger partial charge on any atom is -0.381 e. The third kappa shape index (κ3) is 3.57. The molecule has 132 valence electrons. The van der Waals surface area contributed by atoms with Crippen molar-refractivity contribution in [2.24, 2.45) is 17.3 Å². The van der Waals surface area contributed by atoms with E-state index in [1.54, 1.807) is 0 Å². The molecule has 3 heterocycles. The lowest BCUT2D eigenvalue weighted by atomic mass is 9.73. The third-order valence-corrected chi connectivity index (χ3v) is 6.17. The zero-order valence-corrected chi connectivity index (χ0v) is 14.9. The van der Waals surface area contributed by atoms with Crippen LogP contribution in [0.4, 0.5) is 0 Å². The monoisotopic (exact) mass is 324 g/mol. The zero-order valence-electron chi connectivity index (χ0n) is 14.9. The Labute approximate surface area is 140 Å². The first-order chi connectivity index (χ1) is 11.0. The van der Waals surface area contributed by atoms with E-state index in [0.717, 1.165) is 65.4 Å². The minimum atomic E-state index is -0.274. The molecule has 5 nitrogen and oxygen atoms in total. The summed E-state index contributed by atoms with van der Waals surface area (Å²) in [5, 5.41) is 0. The predicted octanol–water partition coefficient (Wildman–Crippen LogP) is 1.62. The molecule has 0 aromatic rings. The van der Waals surface area contributed by atoms with Gasteiger partial charge in [0.25, 0.3) is 0 Å². The molecule has 3 saturated heterocycles. The first kappa shape index (κ1) is 17.2. The molecule has 0 N–H and O–H groups in total. The van der Waals surface area contributed by atoms with E-state index in [4.69, 9.17) is 9.47 Å². The third-order valence-electron chi connectivity index (χ3n) is 6.17. The Hall–Kier alpha value is -0.650. The van der Waals surface area contributed by atoms with Crippen molar-refractivity contribution in [3.63, 3.8) is 0 Å². The largest absolute Gasteiger partial charge is 0.381 e. The van der Waals surface area contributed by atoms with Crippen LogP contribution in [0, 0.1) is 17.3 Å². The minimum absolute atomic E-state index is 0.274. The topological polar surface area (TPSA) is 42.0 Å². The number of ether oxygens (including phenoxy) is 2. The molecule has 0 spiro atoms. The van der Waals surface area contributed by atoms with Gasteiger partial charge in [-0.15, -0.1) is 0 Å². The highest BCUT2D eigenvalue weighted by atomic mass is 16.5. The molecule has 23 heavy (non-hydrogen) atoms. The van der Waals surface area contributed by atoms with Gasteiger partial charge in [0.1, 0.15) is 0 Å². The average molecular weight is 324 g/mol. The highest BCUT2D eigenvalue weighted by Gasteiger charge is 2.44.